The predicted molar refractivity (Wildman–Crippen MR) is 102 cm³/mol. The normalized spacial score (nSPS) is 27.1. The van der Waals surface area contributed by atoms with Crippen LogP contribution in [-0.4, -0.2) is 49.6 Å². The second-order valence-electron chi connectivity index (χ2n) is 6.74. The maximum atomic E-state index is 4.68. The van der Waals surface area contributed by atoms with Crippen LogP contribution in [0.15, 0.2) is 4.99 Å². The number of nitrogens with zero attached hydrogens (tertiary/aromatic N) is 2. The lowest BCUT2D eigenvalue weighted by Crippen LogP contribution is -2.40. The molecule has 0 spiro atoms. The monoisotopic (exact) mass is 408 g/mol. The van der Waals surface area contributed by atoms with Gasteiger partial charge in [0.15, 0.2) is 5.96 Å². The first-order valence-corrected chi connectivity index (χ1v) is 8.44. The Morgan fingerprint density at radius 3 is 2.43 bits per heavy atom. The number of hydrogen-bond donors (Lipinski definition) is 2. The van der Waals surface area contributed by atoms with Gasteiger partial charge < -0.3 is 15.5 Å². The van der Waals surface area contributed by atoms with Crippen molar-refractivity contribution in [2.45, 2.75) is 52.5 Å². The molecule has 2 unspecified atom stereocenters. The van der Waals surface area contributed by atoms with Gasteiger partial charge in [-0.1, -0.05) is 13.8 Å². The van der Waals surface area contributed by atoms with Crippen LogP contribution in [0.5, 0.6) is 0 Å². The van der Waals surface area contributed by atoms with Crippen LogP contribution in [0.4, 0.5) is 0 Å². The average Bonchev–Trinajstić information content (AvgIpc) is 3.17. The second kappa shape index (κ2) is 9.87. The molecule has 2 aliphatic rings. The predicted octanol–water partition coefficient (Wildman–Crippen LogP) is 2.69. The number of aliphatic imine (C=N–C) groups is 1. The van der Waals surface area contributed by atoms with Gasteiger partial charge in [0.2, 0.25) is 0 Å². The first-order valence-electron chi connectivity index (χ1n) is 8.44. The summed E-state index contributed by atoms with van der Waals surface area (Å²) < 4.78 is 0. The Morgan fingerprint density at radius 2 is 1.86 bits per heavy atom. The number of halogens is 1. The highest BCUT2D eigenvalue weighted by molar-refractivity contribution is 14.0. The summed E-state index contributed by atoms with van der Waals surface area (Å²) in [6.07, 6.45) is 5.16. The van der Waals surface area contributed by atoms with E-state index in [4.69, 9.17) is 0 Å². The van der Waals surface area contributed by atoms with Crippen molar-refractivity contribution in [3.8, 4) is 0 Å². The number of guanidine groups is 1. The second-order valence-corrected chi connectivity index (χ2v) is 6.74. The quantitative estimate of drug-likeness (QED) is 0.307. The van der Waals surface area contributed by atoms with E-state index >= 15 is 0 Å². The molecule has 1 saturated heterocycles. The molecule has 0 aromatic rings. The molecule has 2 rings (SSSR count). The summed E-state index contributed by atoms with van der Waals surface area (Å²) in [5, 5.41) is 6.80. The van der Waals surface area contributed by atoms with Crippen molar-refractivity contribution in [1.29, 1.82) is 0 Å². The number of rotatable bonds is 6. The average molecular weight is 408 g/mol. The highest BCUT2D eigenvalue weighted by Crippen LogP contribution is 2.21. The lowest BCUT2D eigenvalue weighted by atomic mass is 9.92. The molecule has 0 radical (unpaired) electrons. The van der Waals surface area contributed by atoms with E-state index in [2.05, 4.69) is 41.3 Å². The van der Waals surface area contributed by atoms with Gasteiger partial charge in [0.1, 0.15) is 0 Å². The zero-order chi connectivity index (χ0) is 14.4. The van der Waals surface area contributed by atoms with Gasteiger partial charge >= 0.3 is 0 Å². The maximum Gasteiger partial charge on any atom is 0.191 e. The third-order valence-corrected chi connectivity index (χ3v) is 4.11. The highest BCUT2D eigenvalue weighted by Gasteiger charge is 2.22. The fourth-order valence-corrected chi connectivity index (χ4v) is 3.20. The van der Waals surface area contributed by atoms with Gasteiger partial charge in [-0.2, -0.15) is 0 Å². The lowest BCUT2D eigenvalue weighted by molar-refractivity contribution is 0.140. The first kappa shape index (κ1) is 19.0. The van der Waals surface area contributed by atoms with Crippen molar-refractivity contribution in [1.82, 2.24) is 15.5 Å². The zero-order valence-corrected chi connectivity index (χ0v) is 16.2. The van der Waals surface area contributed by atoms with E-state index < -0.39 is 0 Å². The fourth-order valence-electron chi connectivity index (χ4n) is 3.20. The number of nitrogens with one attached hydrogen (secondary N) is 2. The van der Waals surface area contributed by atoms with E-state index in [1.807, 2.05) is 0 Å². The Balaban J connectivity index is 0.00000220. The van der Waals surface area contributed by atoms with Crippen LogP contribution in [0.3, 0.4) is 0 Å². The molecule has 4 nitrogen and oxygen atoms in total. The van der Waals surface area contributed by atoms with E-state index in [0.717, 1.165) is 30.9 Å². The fraction of sp³-hybridized carbons (Fsp3) is 0.938. The zero-order valence-electron chi connectivity index (χ0n) is 13.9. The van der Waals surface area contributed by atoms with Crippen LogP contribution in [0.2, 0.25) is 0 Å². The Bertz CT molecular complexity index is 307. The molecule has 1 aliphatic carbocycles. The van der Waals surface area contributed by atoms with Crippen molar-refractivity contribution in [2.24, 2.45) is 16.8 Å². The number of piperidine rings is 1. The minimum Gasteiger partial charge on any atom is -0.357 e. The van der Waals surface area contributed by atoms with Crippen molar-refractivity contribution in [2.75, 3.05) is 32.7 Å². The molecule has 21 heavy (non-hydrogen) atoms. The molecule has 0 bridgehead atoms. The Morgan fingerprint density at radius 1 is 1.19 bits per heavy atom. The highest BCUT2D eigenvalue weighted by atomic mass is 127. The molecule has 1 saturated carbocycles. The van der Waals surface area contributed by atoms with Gasteiger partial charge in [0.25, 0.3) is 0 Å². The van der Waals surface area contributed by atoms with Crippen LogP contribution >= 0.6 is 24.0 Å². The molecule has 2 N–H and O–H groups in total. The largest absolute Gasteiger partial charge is 0.357 e. The third kappa shape index (κ3) is 7.68. The standard InChI is InChI=1S/C16H32N4.HI/c1-4-17-16(19-15-6-7-15)18-8-5-9-20-11-13(2)10-14(3)12-20;/h13-15H,4-12H2,1-3H3,(H2,17,18,19);1H. The van der Waals surface area contributed by atoms with E-state index in [1.165, 1.54) is 45.3 Å². The molecule has 1 aliphatic heterocycles. The molecule has 0 aromatic heterocycles. The van der Waals surface area contributed by atoms with E-state index in [1.54, 1.807) is 0 Å². The molecule has 2 atom stereocenters. The Kier molecular flexibility index (Phi) is 8.94. The Labute approximate surface area is 147 Å². The van der Waals surface area contributed by atoms with Gasteiger partial charge in [-0.3, -0.25) is 4.99 Å². The topological polar surface area (TPSA) is 39.7 Å². The molecule has 1 heterocycles. The van der Waals surface area contributed by atoms with Gasteiger partial charge in [-0.15, -0.1) is 24.0 Å². The Hall–Kier alpha value is -0.0400. The molecule has 5 heteroatoms. The van der Waals surface area contributed by atoms with Gasteiger partial charge in [0.05, 0.1) is 0 Å². The maximum absolute atomic E-state index is 4.68. The van der Waals surface area contributed by atoms with Gasteiger partial charge in [-0.25, -0.2) is 0 Å². The van der Waals surface area contributed by atoms with Crippen LogP contribution in [0.1, 0.15) is 46.5 Å². The smallest absolute Gasteiger partial charge is 0.191 e. The summed E-state index contributed by atoms with van der Waals surface area (Å²) in [5.41, 5.74) is 0. The van der Waals surface area contributed by atoms with Crippen molar-refractivity contribution in [3.63, 3.8) is 0 Å². The minimum absolute atomic E-state index is 0. The summed E-state index contributed by atoms with van der Waals surface area (Å²) in [6, 6.07) is 0.677. The van der Waals surface area contributed by atoms with Crippen LogP contribution in [0, 0.1) is 11.8 Å². The summed E-state index contributed by atoms with van der Waals surface area (Å²) in [7, 11) is 0. The van der Waals surface area contributed by atoms with Crippen molar-refractivity contribution < 1.29 is 0 Å². The van der Waals surface area contributed by atoms with Crippen molar-refractivity contribution >= 4 is 29.9 Å². The van der Waals surface area contributed by atoms with Crippen LogP contribution in [-0.2, 0) is 0 Å². The summed E-state index contributed by atoms with van der Waals surface area (Å²) in [5.74, 6) is 2.72. The lowest BCUT2D eigenvalue weighted by Gasteiger charge is -2.34. The van der Waals surface area contributed by atoms with Crippen LogP contribution < -0.4 is 10.6 Å². The van der Waals surface area contributed by atoms with E-state index in [-0.39, 0.29) is 24.0 Å². The first-order chi connectivity index (χ1) is 9.67. The number of hydrogen-bond acceptors (Lipinski definition) is 2. The SMILES string of the molecule is CCNC(=NCCCN1CC(C)CC(C)C1)NC1CC1.I. The van der Waals surface area contributed by atoms with Gasteiger partial charge in [-0.05, 0) is 51.0 Å². The summed E-state index contributed by atoms with van der Waals surface area (Å²) in [6.45, 7) is 12.5. The number of likely N-dealkylation sites (tertiary alicyclic amines) is 1. The van der Waals surface area contributed by atoms with E-state index in [0.29, 0.717) is 6.04 Å². The minimum atomic E-state index is 0. The molecule has 0 amide bonds. The van der Waals surface area contributed by atoms with E-state index in [9.17, 15) is 0 Å². The molecule has 124 valence electrons. The molecular weight excluding hydrogens is 375 g/mol. The summed E-state index contributed by atoms with van der Waals surface area (Å²) >= 11 is 0. The molecular formula is C16H33IN4. The molecule has 2 fully saturated rings. The summed E-state index contributed by atoms with van der Waals surface area (Å²) in [4.78, 5) is 7.30. The molecule has 0 aromatic carbocycles. The van der Waals surface area contributed by atoms with Crippen molar-refractivity contribution in [3.05, 3.63) is 0 Å². The van der Waals surface area contributed by atoms with Crippen LogP contribution in [0.25, 0.3) is 0 Å². The van der Waals surface area contributed by atoms with Gasteiger partial charge in [0, 0.05) is 32.2 Å². The third-order valence-electron chi connectivity index (χ3n) is 4.11.